The molecule has 22 heavy (non-hydrogen) atoms. The fourth-order valence-electron chi connectivity index (χ4n) is 1.98. The van der Waals surface area contributed by atoms with Gasteiger partial charge in [-0.2, -0.15) is 0 Å². The molecule has 0 aliphatic rings. The summed E-state index contributed by atoms with van der Waals surface area (Å²) < 4.78 is 0. The molecule has 0 radical (unpaired) electrons. The Balaban J connectivity index is 2.05. The maximum atomic E-state index is 11.2. The van der Waals surface area contributed by atoms with Gasteiger partial charge in [-0.25, -0.2) is 0 Å². The van der Waals surface area contributed by atoms with Gasteiger partial charge in [-0.1, -0.05) is 32.9 Å². The summed E-state index contributed by atoms with van der Waals surface area (Å²) in [6.07, 6.45) is 1.05. The van der Waals surface area contributed by atoms with Crippen LogP contribution in [0.5, 0.6) is 0 Å². The summed E-state index contributed by atoms with van der Waals surface area (Å²) >= 11 is 0. The minimum absolute atomic E-state index is 0.287. The smallest absolute Gasteiger partial charge is 0.248 e. The first kappa shape index (κ1) is 15.9. The Hall–Kier alpha value is -2.43. The van der Waals surface area contributed by atoms with Crippen molar-refractivity contribution in [3.63, 3.8) is 0 Å². The van der Waals surface area contributed by atoms with Gasteiger partial charge >= 0.3 is 0 Å². The van der Waals surface area contributed by atoms with Crippen LogP contribution in [0.4, 0.5) is 5.82 Å². The van der Waals surface area contributed by atoms with Crippen LogP contribution in [0.3, 0.4) is 0 Å². The van der Waals surface area contributed by atoms with E-state index in [1.807, 2.05) is 18.2 Å². The third-order valence-corrected chi connectivity index (χ3v) is 3.29. The number of nitrogens with zero attached hydrogens (tertiary/aromatic N) is 2. The maximum absolute atomic E-state index is 11.2. The highest BCUT2D eigenvalue weighted by Crippen LogP contribution is 2.20. The van der Waals surface area contributed by atoms with Gasteiger partial charge < -0.3 is 11.1 Å². The van der Waals surface area contributed by atoms with Crippen molar-refractivity contribution < 1.29 is 4.79 Å². The largest absolute Gasteiger partial charge is 0.369 e. The van der Waals surface area contributed by atoms with E-state index in [-0.39, 0.29) is 5.41 Å². The molecule has 1 amide bonds. The zero-order valence-electron chi connectivity index (χ0n) is 13.3. The number of rotatable bonds is 5. The lowest BCUT2D eigenvalue weighted by Gasteiger charge is -2.18. The standard InChI is InChI=1S/C17H22N4O/c1-17(2,3)9-10-19-15-8-7-14(20-21-15)12-5-4-6-13(11-12)16(18)22/h4-8,11H,9-10H2,1-3H3,(H2,18,22)(H,19,21). The molecule has 0 saturated carbocycles. The van der Waals surface area contributed by atoms with E-state index in [0.29, 0.717) is 11.3 Å². The molecule has 0 saturated heterocycles. The predicted molar refractivity (Wildman–Crippen MR) is 88.5 cm³/mol. The highest BCUT2D eigenvalue weighted by atomic mass is 16.1. The van der Waals surface area contributed by atoms with Gasteiger partial charge in [-0.05, 0) is 36.1 Å². The van der Waals surface area contributed by atoms with Crippen LogP contribution in [0.2, 0.25) is 0 Å². The molecule has 0 fully saturated rings. The molecule has 0 atom stereocenters. The van der Waals surface area contributed by atoms with Crippen LogP contribution >= 0.6 is 0 Å². The summed E-state index contributed by atoms with van der Waals surface area (Å²) in [4.78, 5) is 11.2. The first-order valence-electron chi connectivity index (χ1n) is 7.33. The number of nitrogens with two attached hydrogens (primary N) is 1. The molecular weight excluding hydrogens is 276 g/mol. The number of carbonyl (C=O) groups excluding carboxylic acids is 1. The molecule has 1 heterocycles. The monoisotopic (exact) mass is 298 g/mol. The normalized spacial score (nSPS) is 11.2. The van der Waals surface area contributed by atoms with Gasteiger partial charge in [0, 0.05) is 17.7 Å². The molecule has 1 aromatic heterocycles. The van der Waals surface area contributed by atoms with Crippen molar-refractivity contribution in [2.75, 3.05) is 11.9 Å². The fraction of sp³-hybridized carbons (Fsp3) is 0.353. The molecule has 116 valence electrons. The SMILES string of the molecule is CC(C)(C)CCNc1ccc(-c2cccc(C(N)=O)c2)nn1. The summed E-state index contributed by atoms with van der Waals surface area (Å²) in [5.41, 5.74) is 7.58. The number of carbonyl (C=O) groups is 1. The molecule has 0 bridgehead atoms. The summed E-state index contributed by atoms with van der Waals surface area (Å²) in [5.74, 6) is 0.300. The molecule has 0 spiro atoms. The van der Waals surface area contributed by atoms with Crippen molar-refractivity contribution in [2.45, 2.75) is 27.2 Å². The molecule has 5 nitrogen and oxygen atoms in total. The van der Waals surface area contributed by atoms with Crippen molar-refractivity contribution in [3.8, 4) is 11.3 Å². The lowest BCUT2D eigenvalue weighted by molar-refractivity contribution is 0.100. The Kier molecular flexibility index (Phi) is 4.75. The average Bonchev–Trinajstić information content (AvgIpc) is 2.47. The number of hydrogen-bond acceptors (Lipinski definition) is 4. The van der Waals surface area contributed by atoms with Gasteiger partial charge in [-0.3, -0.25) is 4.79 Å². The lowest BCUT2D eigenvalue weighted by Crippen LogP contribution is -2.13. The van der Waals surface area contributed by atoms with Crippen LogP contribution in [0.1, 0.15) is 37.6 Å². The van der Waals surface area contributed by atoms with Gasteiger partial charge in [0.1, 0.15) is 5.82 Å². The Labute approximate surface area is 131 Å². The highest BCUT2D eigenvalue weighted by Gasteiger charge is 2.09. The van der Waals surface area contributed by atoms with E-state index in [4.69, 9.17) is 5.73 Å². The number of aromatic nitrogens is 2. The van der Waals surface area contributed by atoms with Crippen molar-refractivity contribution >= 4 is 11.7 Å². The summed E-state index contributed by atoms with van der Waals surface area (Å²) in [6.45, 7) is 7.47. The molecule has 2 rings (SSSR count). The van der Waals surface area contributed by atoms with E-state index >= 15 is 0 Å². The second-order valence-electron chi connectivity index (χ2n) is 6.49. The van der Waals surface area contributed by atoms with E-state index in [1.54, 1.807) is 18.2 Å². The number of benzene rings is 1. The maximum Gasteiger partial charge on any atom is 0.248 e. The Morgan fingerprint density at radius 3 is 2.55 bits per heavy atom. The van der Waals surface area contributed by atoms with Crippen molar-refractivity contribution in [1.29, 1.82) is 0 Å². The summed E-state index contributed by atoms with van der Waals surface area (Å²) in [7, 11) is 0. The Morgan fingerprint density at radius 2 is 1.95 bits per heavy atom. The van der Waals surface area contributed by atoms with Crippen molar-refractivity contribution in [3.05, 3.63) is 42.0 Å². The van der Waals surface area contributed by atoms with E-state index in [9.17, 15) is 4.79 Å². The molecule has 0 unspecified atom stereocenters. The quantitative estimate of drug-likeness (QED) is 0.888. The third kappa shape index (κ3) is 4.55. The van der Waals surface area contributed by atoms with Crippen LogP contribution in [0.15, 0.2) is 36.4 Å². The van der Waals surface area contributed by atoms with E-state index in [0.717, 1.165) is 24.3 Å². The van der Waals surface area contributed by atoms with Crippen LogP contribution < -0.4 is 11.1 Å². The Morgan fingerprint density at radius 1 is 1.18 bits per heavy atom. The van der Waals surface area contributed by atoms with Crippen LogP contribution in [0, 0.1) is 5.41 Å². The zero-order valence-corrected chi connectivity index (χ0v) is 13.3. The minimum Gasteiger partial charge on any atom is -0.369 e. The van der Waals surface area contributed by atoms with Gasteiger partial charge in [0.2, 0.25) is 5.91 Å². The molecular formula is C17H22N4O. The highest BCUT2D eigenvalue weighted by molar-refractivity contribution is 5.93. The second-order valence-corrected chi connectivity index (χ2v) is 6.49. The van der Waals surface area contributed by atoms with E-state index < -0.39 is 5.91 Å². The average molecular weight is 298 g/mol. The number of nitrogens with one attached hydrogen (secondary N) is 1. The van der Waals surface area contributed by atoms with E-state index in [2.05, 4.69) is 36.3 Å². The van der Waals surface area contributed by atoms with Gasteiger partial charge in [-0.15, -0.1) is 10.2 Å². The minimum atomic E-state index is -0.449. The first-order valence-corrected chi connectivity index (χ1v) is 7.33. The summed E-state index contributed by atoms with van der Waals surface area (Å²) in [6, 6.07) is 10.8. The van der Waals surface area contributed by atoms with Crippen molar-refractivity contribution in [2.24, 2.45) is 11.1 Å². The molecule has 2 aromatic rings. The number of amides is 1. The second kappa shape index (κ2) is 6.56. The van der Waals surface area contributed by atoms with E-state index in [1.165, 1.54) is 0 Å². The van der Waals surface area contributed by atoms with Crippen LogP contribution in [-0.4, -0.2) is 22.6 Å². The third-order valence-electron chi connectivity index (χ3n) is 3.29. The number of hydrogen-bond donors (Lipinski definition) is 2. The topological polar surface area (TPSA) is 80.9 Å². The van der Waals surface area contributed by atoms with Crippen LogP contribution in [0.25, 0.3) is 11.3 Å². The fourth-order valence-corrected chi connectivity index (χ4v) is 1.98. The van der Waals surface area contributed by atoms with Crippen LogP contribution in [-0.2, 0) is 0 Å². The predicted octanol–water partition coefficient (Wildman–Crippen LogP) is 3.09. The zero-order chi connectivity index (χ0) is 16.2. The molecule has 1 aromatic carbocycles. The van der Waals surface area contributed by atoms with Gasteiger partial charge in [0.25, 0.3) is 0 Å². The molecule has 5 heteroatoms. The van der Waals surface area contributed by atoms with Gasteiger partial charge in [0.05, 0.1) is 5.69 Å². The molecule has 0 aliphatic carbocycles. The lowest BCUT2D eigenvalue weighted by atomic mass is 9.92. The Bertz CT molecular complexity index is 644. The number of primary amides is 1. The van der Waals surface area contributed by atoms with Gasteiger partial charge in [0.15, 0.2) is 0 Å². The summed E-state index contributed by atoms with van der Waals surface area (Å²) in [5, 5.41) is 11.6. The number of anilines is 1. The first-order chi connectivity index (χ1) is 10.3. The van der Waals surface area contributed by atoms with Crippen molar-refractivity contribution in [1.82, 2.24) is 10.2 Å². The molecule has 0 aliphatic heterocycles. The molecule has 3 N–H and O–H groups in total.